The Balaban J connectivity index is 2.42. The summed E-state index contributed by atoms with van der Waals surface area (Å²) in [5.74, 6) is 1.26. The minimum Gasteiger partial charge on any atom is -0.352 e. The van der Waals surface area contributed by atoms with E-state index in [0.717, 1.165) is 11.8 Å². The van der Waals surface area contributed by atoms with Crippen LogP contribution in [0.1, 0.15) is 25.1 Å². The van der Waals surface area contributed by atoms with Gasteiger partial charge in [-0.05, 0) is 13.0 Å². The number of hydrogen-bond acceptors (Lipinski definition) is 4. The first kappa shape index (κ1) is 15.4. The van der Waals surface area contributed by atoms with E-state index in [2.05, 4.69) is 11.9 Å². The SMILES string of the molecule is CC1SCCN(c2nc(C(F)(F)F)ccc2CN)C1C. The van der Waals surface area contributed by atoms with Gasteiger partial charge in [-0.25, -0.2) is 4.98 Å². The normalized spacial score (nSPS) is 24.0. The zero-order chi connectivity index (χ0) is 14.9. The molecule has 2 rings (SSSR count). The van der Waals surface area contributed by atoms with Gasteiger partial charge in [0.1, 0.15) is 11.5 Å². The number of pyridine rings is 1. The maximum absolute atomic E-state index is 12.8. The van der Waals surface area contributed by atoms with Gasteiger partial charge >= 0.3 is 6.18 Å². The Kier molecular flexibility index (Phi) is 4.49. The molecule has 1 aromatic rings. The molecule has 1 fully saturated rings. The largest absolute Gasteiger partial charge is 0.433 e. The van der Waals surface area contributed by atoms with Crippen LogP contribution in [0.3, 0.4) is 0 Å². The first-order chi connectivity index (χ1) is 9.34. The highest BCUT2D eigenvalue weighted by Gasteiger charge is 2.35. The molecule has 2 N–H and O–H groups in total. The summed E-state index contributed by atoms with van der Waals surface area (Å²) in [6.45, 7) is 4.97. The van der Waals surface area contributed by atoms with Crippen LogP contribution in [0.5, 0.6) is 0 Å². The average molecular weight is 305 g/mol. The number of hydrogen-bond donors (Lipinski definition) is 1. The van der Waals surface area contributed by atoms with Gasteiger partial charge in [-0.3, -0.25) is 0 Å². The van der Waals surface area contributed by atoms with Crippen LogP contribution in [0.4, 0.5) is 19.0 Å². The zero-order valence-corrected chi connectivity index (χ0v) is 12.3. The predicted molar refractivity (Wildman–Crippen MR) is 75.9 cm³/mol. The highest BCUT2D eigenvalue weighted by molar-refractivity contribution is 8.00. The Labute approximate surface area is 120 Å². The summed E-state index contributed by atoms with van der Waals surface area (Å²) in [7, 11) is 0. The van der Waals surface area contributed by atoms with Crippen LogP contribution in [0, 0.1) is 0 Å². The van der Waals surface area contributed by atoms with Crippen molar-refractivity contribution >= 4 is 17.6 Å². The molecule has 0 spiro atoms. The second-order valence-corrected chi connectivity index (χ2v) is 6.38. The number of nitrogens with zero attached hydrogens (tertiary/aromatic N) is 2. The van der Waals surface area contributed by atoms with Crippen LogP contribution in [0.2, 0.25) is 0 Å². The molecular weight excluding hydrogens is 287 g/mol. The lowest BCUT2D eigenvalue weighted by atomic mass is 10.1. The quantitative estimate of drug-likeness (QED) is 0.912. The van der Waals surface area contributed by atoms with Gasteiger partial charge in [0, 0.05) is 35.7 Å². The summed E-state index contributed by atoms with van der Waals surface area (Å²) in [5.41, 5.74) is 5.44. The van der Waals surface area contributed by atoms with Gasteiger partial charge in [0.25, 0.3) is 0 Å². The summed E-state index contributed by atoms with van der Waals surface area (Å²) in [4.78, 5) is 5.78. The first-order valence-electron chi connectivity index (χ1n) is 6.50. The second-order valence-electron chi connectivity index (χ2n) is 4.89. The fourth-order valence-electron chi connectivity index (χ4n) is 2.28. The minimum absolute atomic E-state index is 0.134. The van der Waals surface area contributed by atoms with Crippen molar-refractivity contribution in [3.63, 3.8) is 0 Å². The van der Waals surface area contributed by atoms with E-state index in [0.29, 0.717) is 23.2 Å². The number of rotatable bonds is 2. The maximum atomic E-state index is 12.8. The molecule has 0 radical (unpaired) electrons. The van der Waals surface area contributed by atoms with E-state index in [1.807, 2.05) is 23.6 Å². The Morgan fingerprint density at radius 2 is 2.10 bits per heavy atom. The van der Waals surface area contributed by atoms with Crippen LogP contribution in [0.25, 0.3) is 0 Å². The van der Waals surface area contributed by atoms with E-state index in [1.165, 1.54) is 6.07 Å². The molecule has 2 unspecified atom stereocenters. The first-order valence-corrected chi connectivity index (χ1v) is 7.55. The van der Waals surface area contributed by atoms with Crippen molar-refractivity contribution in [2.24, 2.45) is 5.73 Å². The summed E-state index contributed by atoms with van der Waals surface area (Å²) >= 11 is 1.82. The Bertz CT molecular complexity index is 478. The molecule has 2 heterocycles. The Morgan fingerprint density at radius 3 is 2.70 bits per heavy atom. The van der Waals surface area contributed by atoms with E-state index >= 15 is 0 Å². The third-order valence-electron chi connectivity index (χ3n) is 3.62. The third-order valence-corrected chi connectivity index (χ3v) is 4.96. The standard InChI is InChI=1S/C13H18F3N3S/c1-8-9(2)20-6-5-19(8)12-10(7-17)3-4-11(18-12)13(14,15)16/h3-4,8-9H,5-7,17H2,1-2H3. The van der Waals surface area contributed by atoms with Gasteiger partial charge in [-0.1, -0.05) is 13.0 Å². The van der Waals surface area contributed by atoms with Crippen molar-refractivity contribution in [2.75, 3.05) is 17.2 Å². The van der Waals surface area contributed by atoms with E-state index in [1.54, 1.807) is 0 Å². The molecule has 1 aliphatic rings. The number of nitrogens with two attached hydrogens (primary N) is 1. The number of aromatic nitrogens is 1. The molecule has 2 atom stereocenters. The molecule has 20 heavy (non-hydrogen) atoms. The van der Waals surface area contributed by atoms with Crippen molar-refractivity contribution in [1.82, 2.24) is 4.98 Å². The molecule has 0 bridgehead atoms. The molecule has 3 nitrogen and oxygen atoms in total. The highest BCUT2D eigenvalue weighted by Crippen LogP contribution is 2.33. The van der Waals surface area contributed by atoms with Crippen LogP contribution < -0.4 is 10.6 Å². The molecule has 112 valence electrons. The fourth-order valence-corrected chi connectivity index (χ4v) is 3.37. The van der Waals surface area contributed by atoms with Crippen molar-refractivity contribution in [2.45, 2.75) is 37.9 Å². The van der Waals surface area contributed by atoms with Crippen LogP contribution >= 0.6 is 11.8 Å². The minimum atomic E-state index is -4.43. The molecule has 0 amide bonds. The van der Waals surface area contributed by atoms with Gasteiger partial charge in [0.05, 0.1) is 0 Å². The topological polar surface area (TPSA) is 42.2 Å². The highest BCUT2D eigenvalue weighted by atomic mass is 32.2. The number of anilines is 1. The van der Waals surface area contributed by atoms with E-state index in [4.69, 9.17) is 5.73 Å². The molecule has 1 aromatic heterocycles. The zero-order valence-electron chi connectivity index (χ0n) is 11.4. The Morgan fingerprint density at radius 1 is 1.40 bits per heavy atom. The maximum Gasteiger partial charge on any atom is 0.433 e. The third kappa shape index (κ3) is 3.03. The van der Waals surface area contributed by atoms with Crippen molar-refractivity contribution in [3.05, 3.63) is 23.4 Å². The number of alkyl halides is 3. The van der Waals surface area contributed by atoms with Gasteiger partial charge in [-0.15, -0.1) is 0 Å². The van der Waals surface area contributed by atoms with Crippen molar-refractivity contribution in [3.8, 4) is 0 Å². The second kappa shape index (κ2) is 5.81. The van der Waals surface area contributed by atoms with Gasteiger partial charge < -0.3 is 10.6 Å². The van der Waals surface area contributed by atoms with Gasteiger partial charge in [0.15, 0.2) is 0 Å². The molecular formula is C13H18F3N3S. The smallest absolute Gasteiger partial charge is 0.352 e. The van der Waals surface area contributed by atoms with E-state index < -0.39 is 11.9 Å². The number of thioether (sulfide) groups is 1. The summed E-state index contributed by atoms with van der Waals surface area (Å²) in [6, 6.07) is 2.57. The van der Waals surface area contributed by atoms with Crippen molar-refractivity contribution < 1.29 is 13.2 Å². The van der Waals surface area contributed by atoms with E-state index in [9.17, 15) is 13.2 Å². The monoisotopic (exact) mass is 305 g/mol. The van der Waals surface area contributed by atoms with Crippen LogP contribution in [-0.4, -0.2) is 28.6 Å². The lowest BCUT2D eigenvalue weighted by Gasteiger charge is -2.39. The van der Waals surface area contributed by atoms with Gasteiger partial charge in [0.2, 0.25) is 0 Å². The molecule has 0 aliphatic carbocycles. The summed E-state index contributed by atoms with van der Waals surface area (Å²) in [5, 5.41) is 0.353. The van der Waals surface area contributed by atoms with Crippen LogP contribution in [0.15, 0.2) is 12.1 Å². The molecule has 0 aromatic carbocycles. The lowest BCUT2D eigenvalue weighted by Crippen LogP contribution is -2.45. The fraction of sp³-hybridized carbons (Fsp3) is 0.615. The van der Waals surface area contributed by atoms with Crippen molar-refractivity contribution in [1.29, 1.82) is 0 Å². The predicted octanol–water partition coefficient (Wildman–Crippen LogP) is 2.89. The average Bonchev–Trinajstić information content (AvgIpc) is 2.40. The molecule has 0 saturated carbocycles. The Hall–Kier alpha value is -0.950. The van der Waals surface area contributed by atoms with Gasteiger partial charge in [-0.2, -0.15) is 24.9 Å². The molecule has 7 heteroatoms. The summed E-state index contributed by atoms with van der Waals surface area (Å²) in [6.07, 6.45) is -4.43. The van der Waals surface area contributed by atoms with Crippen LogP contribution in [-0.2, 0) is 12.7 Å². The summed E-state index contributed by atoms with van der Waals surface area (Å²) < 4.78 is 38.5. The lowest BCUT2D eigenvalue weighted by molar-refractivity contribution is -0.141. The number of halogens is 3. The molecule has 1 saturated heterocycles. The van der Waals surface area contributed by atoms with E-state index in [-0.39, 0.29) is 12.6 Å². The molecule has 1 aliphatic heterocycles.